The largest absolute Gasteiger partial charge is 0.494 e. The van der Waals surface area contributed by atoms with Crippen molar-refractivity contribution in [2.45, 2.75) is 44.9 Å². The van der Waals surface area contributed by atoms with Gasteiger partial charge in [0.1, 0.15) is 5.75 Å². The first kappa shape index (κ1) is 19.3. The molecule has 1 aromatic carbocycles. The average Bonchev–Trinajstić information content (AvgIpc) is 2.69. The molecular formula is C22H22F3NO. The third-order valence-corrected chi connectivity index (χ3v) is 4.85. The maximum atomic E-state index is 13.5. The van der Waals surface area contributed by atoms with Crippen molar-refractivity contribution >= 4 is 0 Å². The fraction of sp³-hybridized carbons (Fsp3) is 0.409. The molecule has 0 saturated heterocycles. The van der Waals surface area contributed by atoms with Crippen LogP contribution in [0.5, 0.6) is 5.75 Å². The molecule has 3 rings (SSSR count). The summed E-state index contributed by atoms with van der Waals surface area (Å²) in [4.78, 5) is 2.89. The van der Waals surface area contributed by atoms with Crippen LogP contribution in [0.1, 0.15) is 56.1 Å². The minimum absolute atomic E-state index is 0.126. The van der Waals surface area contributed by atoms with Gasteiger partial charge in [-0.1, -0.05) is 30.9 Å². The Morgan fingerprint density at radius 1 is 1.04 bits per heavy atom. The second-order valence-electron chi connectivity index (χ2n) is 6.83. The molecule has 27 heavy (non-hydrogen) atoms. The van der Waals surface area contributed by atoms with Crippen LogP contribution < -0.4 is 4.74 Å². The van der Waals surface area contributed by atoms with Gasteiger partial charge in [-0.2, -0.15) is 13.8 Å². The number of halogens is 3. The Morgan fingerprint density at radius 3 is 2.41 bits per heavy atom. The molecule has 0 radical (unpaired) electrons. The first-order valence-electron chi connectivity index (χ1n) is 9.32. The van der Waals surface area contributed by atoms with Gasteiger partial charge in [-0.05, 0) is 61.8 Å². The molecule has 1 heterocycles. The van der Waals surface area contributed by atoms with Gasteiger partial charge in [0.15, 0.2) is 5.82 Å². The van der Waals surface area contributed by atoms with Gasteiger partial charge < -0.3 is 4.74 Å². The van der Waals surface area contributed by atoms with Gasteiger partial charge in [-0.25, -0.2) is 4.39 Å². The highest BCUT2D eigenvalue weighted by Crippen LogP contribution is 2.36. The summed E-state index contributed by atoms with van der Waals surface area (Å²) in [6, 6.07) is 9.01. The van der Waals surface area contributed by atoms with E-state index in [0.29, 0.717) is 5.92 Å². The maximum absolute atomic E-state index is 13.5. The summed E-state index contributed by atoms with van der Waals surface area (Å²) >= 11 is 0. The molecular weight excluding hydrogens is 351 g/mol. The van der Waals surface area contributed by atoms with E-state index in [2.05, 4.69) is 35.9 Å². The van der Waals surface area contributed by atoms with E-state index in [0.717, 1.165) is 50.5 Å². The van der Waals surface area contributed by atoms with E-state index in [1.165, 1.54) is 5.56 Å². The topological polar surface area (TPSA) is 22.1 Å². The molecule has 0 atom stereocenters. The third-order valence-electron chi connectivity index (χ3n) is 4.85. The van der Waals surface area contributed by atoms with E-state index in [-0.39, 0.29) is 11.5 Å². The van der Waals surface area contributed by atoms with Gasteiger partial charge in [0.25, 0.3) is 5.95 Å². The van der Waals surface area contributed by atoms with Crippen LogP contribution in [0.2, 0.25) is 0 Å². The molecule has 1 aliphatic rings. The molecule has 2 aromatic rings. The predicted octanol–water partition coefficient (Wildman–Crippen LogP) is 5.61. The van der Waals surface area contributed by atoms with Crippen molar-refractivity contribution in [1.82, 2.24) is 4.98 Å². The maximum Gasteiger partial charge on any atom is 0.251 e. The summed E-state index contributed by atoms with van der Waals surface area (Å²) in [6.07, 6.45) is 4.76. The zero-order chi connectivity index (χ0) is 19.2. The number of rotatable bonds is 4. The summed E-state index contributed by atoms with van der Waals surface area (Å²) in [5.74, 6) is 3.41. The Hall–Kier alpha value is -2.48. The summed E-state index contributed by atoms with van der Waals surface area (Å²) < 4.78 is 45.2. The van der Waals surface area contributed by atoms with Crippen LogP contribution in [-0.2, 0) is 0 Å². The van der Waals surface area contributed by atoms with Gasteiger partial charge in [-0.3, -0.25) is 0 Å². The van der Waals surface area contributed by atoms with E-state index in [1.807, 2.05) is 12.1 Å². The van der Waals surface area contributed by atoms with E-state index < -0.39 is 17.7 Å². The smallest absolute Gasteiger partial charge is 0.251 e. The fourth-order valence-corrected chi connectivity index (χ4v) is 3.34. The molecule has 1 saturated carbocycles. The van der Waals surface area contributed by atoms with Crippen LogP contribution in [0.4, 0.5) is 13.2 Å². The van der Waals surface area contributed by atoms with E-state index in [9.17, 15) is 13.2 Å². The molecule has 2 nitrogen and oxygen atoms in total. The number of nitrogens with zero attached hydrogens (tertiary/aromatic N) is 1. The second-order valence-corrected chi connectivity index (χ2v) is 6.83. The van der Waals surface area contributed by atoms with Crippen LogP contribution in [0.3, 0.4) is 0 Å². The van der Waals surface area contributed by atoms with Gasteiger partial charge in [0, 0.05) is 5.92 Å². The highest BCUT2D eigenvalue weighted by molar-refractivity contribution is 5.34. The zero-order valence-corrected chi connectivity index (χ0v) is 15.3. The van der Waals surface area contributed by atoms with Crippen LogP contribution in [-0.4, -0.2) is 11.6 Å². The minimum atomic E-state index is -1.44. The summed E-state index contributed by atoms with van der Waals surface area (Å²) in [6.45, 7) is 2.80. The molecule has 1 fully saturated rings. The van der Waals surface area contributed by atoms with E-state index >= 15 is 0 Å². The first-order valence-corrected chi connectivity index (χ1v) is 9.32. The van der Waals surface area contributed by atoms with Crippen molar-refractivity contribution < 1.29 is 17.9 Å². The summed E-state index contributed by atoms with van der Waals surface area (Å²) in [5, 5.41) is 0. The Morgan fingerprint density at radius 2 is 1.74 bits per heavy atom. The summed E-state index contributed by atoms with van der Waals surface area (Å²) in [5.41, 5.74) is 1.10. The quantitative estimate of drug-likeness (QED) is 0.513. The van der Waals surface area contributed by atoms with Crippen molar-refractivity contribution in [3.8, 4) is 17.6 Å². The number of pyridine rings is 1. The number of hydrogen-bond donors (Lipinski definition) is 0. The Balaban J connectivity index is 1.57. The van der Waals surface area contributed by atoms with Crippen molar-refractivity contribution in [1.29, 1.82) is 0 Å². The Bertz CT molecular complexity index is 831. The van der Waals surface area contributed by atoms with E-state index in [1.54, 1.807) is 0 Å². The molecule has 0 unspecified atom stereocenters. The van der Waals surface area contributed by atoms with Crippen LogP contribution in [0.25, 0.3) is 0 Å². The van der Waals surface area contributed by atoms with Gasteiger partial charge in [0.2, 0.25) is 5.95 Å². The lowest BCUT2D eigenvalue weighted by Gasteiger charge is -2.26. The predicted molar refractivity (Wildman–Crippen MR) is 97.9 cm³/mol. The zero-order valence-electron chi connectivity index (χ0n) is 15.3. The normalized spacial score (nSPS) is 19.3. The Labute approximate surface area is 157 Å². The molecule has 0 N–H and O–H groups in total. The van der Waals surface area contributed by atoms with Gasteiger partial charge in [0.05, 0.1) is 12.2 Å². The molecule has 0 bridgehead atoms. The molecule has 5 heteroatoms. The Kier molecular flexibility index (Phi) is 6.39. The highest BCUT2D eigenvalue weighted by atomic mass is 19.2. The number of hydrogen-bond acceptors (Lipinski definition) is 2. The third kappa shape index (κ3) is 5.03. The van der Waals surface area contributed by atoms with Gasteiger partial charge >= 0.3 is 0 Å². The van der Waals surface area contributed by atoms with Crippen molar-refractivity contribution in [2.24, 2.45) is 5.92 Å². The average molecular weight is 373 g/mol. The lowest BCUT2D eigenvalue weighted by atomic mass is 9.79. The van der Waals surface area contributed by atoms with E-state index in [4.69, 9.17) is 4.74 Å². The first-order chi connectivity index (χ1) is 13.1. The van der Waals surface area contributed by atoms with Crippen molar-refractivity contribution in [3.05, 3.63) is 59.2 Å². The molecule has 1 aliphatic carbocycles. The highest BCUT2D eigenvalue weighted by Gasteiger charge is 2.21. The monoisotopic (exact) mass is 373 g/mol. The van der Waals surface area contributed by atoms with Gasteiger partial charge in [-0.15, -0.1) is 0 Å². The molecule has 142 valence electrons. The molecule has 0 spiro atoms. The molecule has 0 aliphatic heterocycles. The standard InChI is InChI=1S/C22H22F3NO/c1-2-13-27-19-11-9-17(10-12-19)16-6-3-15(4-7-16)5-8-18-14-20(23)22(25)26-21(18)24/h9-12,14-16H,2-4,6-7,13H2,1H3. The number of benzene rings is 1. The lowest BCUT2D eigenvalue weighted by molar-refractivity contribution is 0.317. The van der Waals surface area contributed by atoms with Crippen LogP contribution >= 0.6 is 0 Å². The SMILES string of the molecule is CCCOc1ccc(C2CCC(C#Cc3cc(F)c(F)nc3F)CC2)cc1. The molecule has 0 amide bonds. The summed E-state index contributed by atoms with van der Waals surface area (Å²) in [7, 11) is 0. The number of aromatic nitrogens is 1. The van der Waals surface area contributed by atoms with Crippen molar-refractivity contribution in [2.75, 3.05) is 6.61 Å². The lowest BCUT2D eigenvalue weighted by Crippen LogP contribution is -2.12. The fourth-order valence-electron chi connectivity index (χ4n) is 3.34. The second kappa shape index (κ2) is 8.94. The number of ether oxygens (including phenoxy) is 1. The van der Waals surface area contributed by atoms with Crippen LogP contribution in [0.15, 0.2) is 30.3 Å². The van der Waals surface area contributed by atoms with Crippen molar-refractivity contribution in [3.63, 3.8) is 0 Å². The van der Waals surface area contributed by atoms with Crippen LogP contribution in [0, 0.1) is 35.5 Å². The minimum Gasteiger partial charge on any atom is -0.494 e. The molecule has 1 aromatic heterocycles.